The normalized spacial score (nSPS) is 35.2. The summed E-state index contributed by atoms with van der Waals surface area (Å²) < 4.78 is 9.72. The maximum Gasteiger partial charge on any atom is 0.328 e. The lowest BCUT2D eigenvalue weighted by atomic mass is 9.74. The minimum absolute atomic E-state index is 0.0150. The summed E-state index contributed by atoms with van der Waals surface area (Å²) in [4.78, 5) is 52.8. The maximum absolute atomic E-state index is 12.7. The highest BCUT2D eigenvalue weighted by Gasteiger charge is 2.53. The molecule has 2 amide bonds. The number of rotatable bonds is 2. The van der Waals surface area contributed by atoms with Crippen LogP contribution in [0.2, 0.25) is 0 Å². The van der Waals surface area contributed by atoms with E-state index in [1.807, 2.05) is 25.7 Å². The van der Waals surface area contributed by atoms with Gasteiger partial charge in [0.1, 0.15) is 12.1 Å². The molecule has 9 heteroatoms. The quantitative estimate of drug-likeness (QED) is 0.542. The van der Waals surface area contributed by atoms with E-state index in [0.29, 0.717) is 18.3 Å². The first kappa shape index (κ1) is 30.4. The van der Waals surface area contributed by atoms with E-state index in [0.717, 1.165) is 25.8 Å². The Kier molecular flexibility index (Phi) is 8.91. The number of piperidine rings is 1. The molecule has 4 rings (SSSR count). The molecule has 0 aliphatic carbocycles. The third-order valence-electron chi connectivity index (χ3n) is 9.08. The molecule has 38 heavy (non-hydrogen) atoms. The number of ether oxygens (including phenoxy) is 2. The molecule has 4 saturated heterocycles. The monoisotopic (exact) mass is 535 g/mol. The molecule has 9 nitrogen and oxygen atoms in total. The summed E-state index contributed by atoms with van der Waals surface area (Å²) in [5.41, 5.74) is -0.205. The van der Waals surface area contributed by atoms with Crippen LogP contribution < -0.4 is 5.32 Å². The van der Waals surface area contributed by atoms with Crippen LogP contribution in [0.5, 0.6) is 0 Å². The SMILES string of the molecule is COC(=O)[C@@H]1C[C@@H](C)[C@H]2CC[C@H](C(C)(C)C)C(=O)N21.COC(=O)[C@@H]1C[C@@H](C)[C@H]2CN[C@H](C(C)(C)C)C(=O)N21. The van der Waals surface area contributed by atoms with Crippen LogP contribution in [0.4, 0.5) is 0 Å². The largest absolute Gasteiger partial charge is 0.467 e. The summed E-state index contributed by atoms with van der Waals surface area (Å²) in [6.07, 6.45) is 3.37. The van der Waals surface area contributed by atoms with Gasteiger partial charge in [0.25, 0.3) is 0 Å². The summed E-state index contributed by atoms with van der Waals surface area (Å²) in [5.74, 6) is 0.332. The number of hydrogen-bond donors (Lipinski definition) is 1. The van der Waals surface area contributed by atoms with Crippen LogP contribution in [0.15, 0.2) is 0 Å². The molecule has 4 fully saturated rings. The fourth-order valence-electron chi connectivity index (χ4n) is 6.90. The number of esters is 2. The Labute approximate surface area is 228 Å². The molecule has 1 N–H and O–H groups in total. The highest BCUT2D eigenvalue weighted by atomic mass is 16.5. The van der Waals surface area contributed by atoms with Crippen molar-refractivity contribution in [3.63, 3.8) is 0 Å². The van der Waals surface area contributed by atoms with Gasteiger partial charge in [-0.2, -0.15) is 0 Å². The highest BCUT2D eigenvalue weighted by Crippen LogP contribution is 2.43. The number of piperazine rings is 1. The standard InChI is InChI=1S/C15H25NO3.C14H24N2O3/c1-9-8-12(14(18)19-5)16-11(9)7-6-10(13(16)17)15(2,3)4;1-8-6-9(13(18)19-5)16-10(8)7-15-11(12(16)17)14(2,3)4/h9-12H,6-8H2,1-5H3;8-11,15H,6-7H2,1-5H3/t9-,10+,11-,12+;8-,9+,10-,11+/m11/s1. The summed E-state index contributed by atoms with van der Waals surface area (Å²) in [6.45, 7) is 17.4. The minimum atomic E-state index is -0.413. The molecule has 4 heterocycles. The second-order valence-corrected chi connectivity index (χ2v) is 13.8. The second-order valence-electron chi connectivity index (χ2n) is 13.8. The van der Waals surface area contributed by atoms with Crippen molar-refractivity contribution in [2.24, 2.45) is 28.6 Å². The first-order chi connectivity index (χ1) is 17.5. The summed E-state index contributed by atoms with van der Waals surface area (Å²) in [7, 11) is 2.78. The molecule has 0 aromatic rings. The summed E-state index contributed by atoms with van der Waals surface area (Å²) in [5, 5.41) is 3.34. The number of carbonyl (C=O) groups is 4. The van der Waals surface area contributed by atoms with Crippen molar-refractivity contribution < 1.29 is 28.7 Å². The van der Waals surface area contributed by atoms with Crippen molar-refractivity contribution >= 4 is 23.8 Å². The van der Waals surface area contributed by atoms with Crippen LogP contribution in [-0.2, 0) is 28.7 Å². The fourth-order valence-corrected chi connectivity index (χ4v) is 6.90. The van der Waals surface area contributed by atoms with Crippen molar-refractivity contribution in [2.45, 2.75) is 111 Å². The zero-order valence-electron chi connectivity index (χ0n) is 25.0. The van der Waals surface area contributed by atoms with Crippen molar-refractivity contribution in [1.82, 2.24) is 15.1 Å². The van der Waals surface area contributed by atoms with E-state index in [2.05, 4.69) is 39.9 Å². The fraction of sp³-hybridized carbons (Fsp3) is 0.862. The van der Waals surface area contributed by atoms with Gasteiger partial charge in [0, 0.05) is 24.5 Å². The third kappa shape index (κ3) is 5.73. The number of carbonyl (C=O) groups excluding carboxylic acids is 4. The molecule has 0 bridgehead atoms. The van der Waals surface area contributed by atoms with Crippen LogP contribution in [0.25, 0.3) is 0 Å². The number of nitrogens with zero attached hydrogens (tertiary/aromatic N) is 2. The zero-order valence-corrected chi connectivity index (χ0v) is 25.0. The van der Waals surface area contributed by atoms with Crippen LogP contribution in [0.3, 0.4) is 0 Å². The zero-order chi connectivity index (χ0) is 28.7. The van der Waals surface area contributed by atoms with Gasteiger partial charge in [0.05, 0.1) is 20.3 Å². The van der Waals surface area contributed by atoms with Gasteiger partial charge in [-0.15, -0.1) is 0 Å². The second kappa shape index (κ2) is 11.1. The minimum Gasteiger partial charge on any atom is -0.467 e. The molecule has 4 aliphatic rings. The molecule has 0 unspecified atom stereocenters. The molecule has 4 aliphatic heterocycles. The number of fused-ring (bicyclic) bond motifs is 2. The van der Waals surface area contributed by atoms with Crippen LogP contribution >= 0.6 is 0 Å². The number of hydrogen-bond acceptors (Lipinski definition) is 7. The molecular formula is C29H49N3O6. The topological polar surface area (TPSA) is 105 Å². The molecular weight excluding hydrogens is 486 g/mol. The van der Waals surface area contributed by atoms with E-state index in [4.69, 9.17) is 9.47 Å². The van der Waals surface area contributed by atoms with Crippen LogP contribution in [0, 0.1) is 28.6 Å². The molecule has 216 valence electrons. The highest BCUT2D eigenvalue weighted by molar-refractivity contribution is 5.90. The summed E-state index contributed by atoms with van der Waals surface area (Å²) in [6, 6.07) is -0.696. The Morgan fingerprint density at radius 1 is 0.763 bits per heavy atom. The van der Waals surface area contributed by atoms with Crippen LogP contribution in [-0.4, -0.2) is 84.5 Å². The lowest BCUT2D eigenvalue weighted by Gasteiger charge is -2.43. The smallest absolute Gasteiger partial charge is 0.328 e. The van der Waals surface area contributed by atoms with Gasteiger partial charge in [-0.25, -0.2) is 9.59 Å². The van der Waals surface area contributed by atoms with E-state index in [-0.39, 0.29) is 64.7 Å². The Morgan fingerprint density at radius 2 is 1.24 bits per heavy atom. The lowest BCUT2D eigenvalue weighted by Crippen LogP contribution is -2.65. The predicted octanol–water partition coefficient (Wildman–Crippen LogP) is 3.00. The van der Waals surface area contributed by atoms with E-state index in [1.54, 1.807) is 4.90 Å². The van der Waals surface area contributed by atoms with E-state index < -0.39 is 6.04 Å². The first-order valence-electron chi connectivity index (χ1n) is 14.1. The molecule has 0 aromatic carbocycles. The maximum atomic E-state index is 12.7. The van der Waals surface area contributed by atoms with Crippen LogP contribution in [0.1, 0.15) is 81.1 Å². The average Bonchev–Trinajstić information content (AvgIpc) is 3.35. The third-order valence-corrected chi connectivity index (χ3v) is 9.08. The molecule has 0 aromatic heterocycles. The Hall–Kier alpha value is -2.16. The van der Waals surface area contributed by atoms with E-state index in [9.17, 15) is 19.2 Å². The van der Waals surface area contributed by atoms with Gasteiger partial charge in [-0.3, -0.25) is 9.59 Å². The Balaban J connectivity index is 0.000000211. The number of amides is 2. The summed E-state index contributed by atoms with van der Waals surface area (Å²) >= 11 is 0. The molecule has 8 atom stereocenters. The van der Waals surface area contributed by atoms with Gasteiger partial charge in [-0.05, 0) is 48.3 Å². The lowest BCUT2D eigenvalue weighted by molar-refractivity contribution is -0.158. The Bertz CT molecular complexity index is 848. The number of nitrogens with one attached hydrogen (secondary N) is 1. The molecule has 0 saturated carbocycles. The van der Waals surface area contributed by atoms with E-state index in [1.165, 1.54) is 14.2 Å². The van der Waals surface area contributed by atoms with Crippen molar-refractivity contribution in [3.8, 4) is 0 Å². The van der Waals surface area contributed by atoms with Gasteiger partial charge in [0.15, 0.2) is 0 Å². The van der Waals surface area contributed by atoms with Gasteiger partial charge >= 0.3 is 11.9 Å². The van der Waals surface area contributed by atoms with Gasteiger partial charge in [0.2, 0.25) is 11.8 Å². The van der Waals surface area contributed by atoms with Gasteiger partial charge < -0.3 is 24.6 Å². The van der Waals surface area contributed by atoms with E-state index >= 15 is 0 Å². The molecule has 0 spiro atoms. The van der Waals surface area contributed by atoms with Crippen molar-refractivity contribution in [2.75, 3.05) is 20.8 Å². The van der Waals surface area contributed by atoms with Crippen molar-refractivity contribution in [3.05, 3.63) is 0 Å². The average molecular weight is 536 g/mol. The molecule has 0 radical (unpaired) electrons. The Morgan fingerprint density at radius 3 is 1.68 bits per heavy atom. The van der Waals surface area contributed by atoms with Gasteiger partial charge in [-0.1, -0.05) is 55.4 Å². The first-order valence-corrected chi connectivity index (χ1v) is 14.1. The predicted molar refractivity (Wildman–Crippen MR) is 144 cm³/mol. The van der Waals surface area contributed by atoms with Crippen molar-refractivity contribution in [1.29, 1.82) is 0 Å². The number of methoxy groups -OCH3 is 2.